The Kier molecular flexibility index (Phi) is 8.20. The first-order valence-electron chi connectivity index (χ1n) is 9.99. The number of carboxylic acids is 1. The van der Waals surface area contributed by atoms with Crippen LogP contribution < -0.4 is 10.6 Å². The second-order valence-corrected chi connectivity index (χ2v) is 9.09. The van der Waals surface area contributed by atoms with Crippen LogP contribution >= 0.6 is 0 Å². The minimum absolute atomic E-state index is 0.143. The van der Waals surface area contributed by atoms with Crippen molar-refractivity contribution >= 4 is 23.8 Å². The number of likely N-dealkylation sites (tertiary alicyclic amines) is 1. The van der Waals surface area contributed by atoms with Crippen molar-refractivity contribution in [3.8, 4) is 0 Å². The second kappa shape index (κ2) is 9.56. The fraction of sp³-hybridized carbons (Fsp3) is 0.800. The van der Waals surface area contributed by atoms with Crippen LogP contribution in [0.5, 0.6) is 0 Å². The quantitative estimate of drug-likeness (QED) is 0.505. The molecule has 1 saturated heterocycles. The van der Waals surface area contributed by atoms with E-state index in [0.717, 1.165) is 0 Å². The Morgan fingerprint density at radius 1 is 1.17 bits per heavy atom. The van der Waals surface area contributed by atoms with Crippen LogP contribution in [0.4, 0.5) is 0 Å². The Labute approximate surface area is 172 Å². The molecule has 1 heterocycles. The van der Waals surface area contributed by atoms with E-state index in [0.29, 0.717) is 19.4 Å². The van der Waals surface area contributed by atoms with E-state index < -0.39 is 47.0 Å². The van der Waals surface area contributed by atoms with Gasteiger partial charge in [-0.2, -0.15) is 0 Å². The molecule has 9 nitrogen and oxygen atoms in total. The molecule has 1 aliphatic rings. The Balaban J connectivity index is 2.75. The van der Waals surface area contributed by atoms with E-state index in [-0.39, 0.29) is 12.5 Å². The molecule has 0 spiro atoms. The van der Waals surface area contributed by atoms with E-state index in [4.69, 9.17) is 4.74 Å². The molecule has 29 heavy (non-hydrogen) atoms. The summed E-state index contributed by atoms with van der Waals surface area (Å²) in [5, 5.41) is 15.0. The number of rotatable bonds is 8. The smallest absolute Gasteiger partial charge is 0.329 e. The maximum absolute atomic E-state index is 13.0. The highest BCUT2D eigenvalue weighted by Gasteiger charge is 2.48. The van der Waals surface area contributed by atoms with Gasteiger partial charge < -0.3 is 20.1 Å². The fourth-order valence-electron chi connectivity index (χ4n) is 3.21. The summed E-state index contributed by atoms with van der Waals surface area (Å²) in [5.74, 6) is -2.62. The predicted octanol–water partition coefficient (Wildman–Crippen LogP) is 0.913. The van der Waals surface area contributed by atoms with Crippen LogP contribution in [0.25, 0.3) is 0 Å². The van der Waals surface area contributed by atoms with E-state index in [9.17, 15) is 24.3 Å². The molecule has 0 aromatic carbocycles. The van der Waals surface area contributed by atoms with Gasteiger partial charge >= 0.3 is 11.9 Å². The standard InChI is InChI=1S/C20H35N3O6/c1-12(2)15(17(26)23-10-8-9-20(23,7)18(27)28)22-16(25)13(3)21-11-14(24)29-19(4,5)6/h12-13,15,21H,8-11H2,1-7H3,(H,22,25)(H,27,28). The maximum atomic E-state index is 13.0. The van der Waals surface area contributed by atoms with Crippen molar-refractivity contribution in [3.63, 3.8) is 0 Å². The van der Waals surface area contributed by atoms with Crippen LogP contribution in [0, 0.1) is 5.92 Å². The molecule has 3 unspecified atom stereocenters. The molecular weight excluding hydrogens is 378 g/mol. The molecule has 1 fully saturated rings. The number of aliphatic carboxylic acids is 1. The lowest BCUT2D eigenvalue weighted by molar-refractivity contribution is -0.156. The lowest BCUT2D eigenvalue weighted by Crippen LogP contribution is -2.60. The van der Waals surface area contributed by atoms with E-state index in [1.165, 1.54) is 11.8 Å². The topological polar surface area (TPSA) is 125 Å². The molecule has 2 amide bonds. The van der Waals surface area contributed by atoms with Crippen LogP contribution in [0.15, 0.2) is 0 Å². The third-order valence-electron chi connectivity index (χ3n) is 4.96. The summed E-state index contributed by atoms with van der Waals surface area (Å²) in [4.78, 5) is 50.4. The van der Waals surface area contributed by atoms with Gasteiger partial charge in [-0.3, -0.25) is 19.7 Å². The molecule has 0 saturated carbocycles. The summed E-state index contributed by atoms with van der Waals surface area (Å²) in [7, 11) is 0. The summed E-state index contributed by atoms with van der Waals surface area (Å²) < 4.78 is 5.19. The van der Waals surface area contributed by atoms with Gasteiger partial charge in [-0.05, 0) is 53.4 Å². The monoisotopic (exact) mass is 413 g/mol. The molecule has 1 aliphatic heterocycles. The minimum atomic E-state index is -1.27. The third-order valence-corrected chi connectivity index (χ3v) is 4.96. The number of esters is 1. The molecule has 9 heteroatoms. The van der Waals surface area contributed by atoms with E-state index in [1.807, 2.05) is 0 Å². The zero-order valence-corrected chi connectivity index (χ0v) is 18.5. The van der Waals surface area contributed by atoms with Gasteiger partial charge in [0.25, 0.3) is 0 Å². The first-order valence-corrected chi connectivity index (χ1v) is 9.99. The van der Waals surface area contributed by atoms with Crippen LogP contribution in [-0.2, 0) is 23.9 Å². The number of hydrogen-bond acceptors (Lipinski definition) is 6. The highest BCUT2D eigenvalue weighted by Crippen LogP contribution is 2.30. The molecule has 0 bridgehead atoms. The minimum Gasteiger partial charge on any atom is -0.480 e. The number of carbonyl (C=O) groups is 4. The maximum Gasteiger partial charge on any atom is 0.329 e. The van der Waals surface area contributed by atoms with Crippen LogP contribution in [-0.4, -0.2) is 70.1 Å². The fourth-order valence-corrected chi connectivity index (χ4v) is 3.21. The molecule has 0 aromatic heterocycles. The molecule has 0 aromatic rings. The average molecular weight is 414 g/mol. The number of nitrogens with one attached hydrogen (secondary N) is 2. The molecule has 0 radical (unpaired) electrons. The largest absolute Gasteiger partial charge is 0.480 e. The molecular formula is C20H35N3O6. The highest BCUT2D eigenvalue weighted by atomic mass is 16.6. The van der Waals surface area contributed by atoms with Crippen molar-refractivity contribution in [1.29, 1.82) is 0 Å². The van der Waals surface area contributed by atoms with Crippen LogP contribution in [0.3, 0.4) is 0 Å². The molecule has 0 aliphatic carbocycles. The van der Waals surface area contributed by atoms with Crippen molar-refractivity contribution < 1.29 is 29.0 Å². The third kappa shape index (κ3) is 6.69. The van der Waals surface area contributed by atoms with Gasteiger partial charge in [0.2, 0.25) is 11.8 Å². The van der Waals surface area contributed by atoms with Crippen LogP contribution in [0.1, 0.15) is 61.3 Å². The Morgan fingerprint density at radius 2 is 1.76 bits per heavy atom. The Morgan fingerprint density at radius 3 is 2.24 bits per heavy atom. The van der Waals surface area contributed by atoms with Gasteiger partial charge in [-0.1, -0.05) is 13.8 Å². The summed E-state index contributed by atoms with van der Waals surface area (Å²) in [6.07, 6.45) is 0.974. The first kappa shape index (κ1) is 24.9. The SMILES string of the molecule is CC(NCC(=O)OC(C)(C)C)C(=O)NC(C(=O)N1CCCC1(C)C(=O)O)C(C)C. The summed E-state index contributed by atoms with van der Waals surface area (Å²) in [5.41, 5.74) is -1.89. The van der Waals surface area contributed by atoms with E-state index in [2.05, 4.69) is 10.6 Å². The average Bonchev–Trinajstić information content (AvgIpc) is 2.98. The van der Waals surface area contributed by atoms with Gasteiger partial charge in [-0.25, -0.2) is 4.79 Å². The second-order valence-electron chi connectivity index (χ2n) is 9.09. The van der Waals surface area contributed by atoms with Crippen molar-refractivity contribution in [3.05, 3.63) is 0 Å². The number of carbonyl (C=O) groups excluding carboxylic acids is 3. The van der Waals surface area contributed by atoms with Crippen molar-refractivity contribution in [2.45, 2.75) is 84.5 Å². The van der Waals surface area contributed by atoms with Gasteiger partial charge in [0.1, 0.15) is 17.2 Å². The lowest BCUT2D eigenvalue weighted by Gasteiger charge is -2.35. The zero-order valence-electron chi connectivity index (χ0n) is 18.5. The lowest BCUT2D eigenvalue weighted by atomic mass is 9.96. The van der Waals surface area contributed by atoms with Crippen molar-refractivity contribution in [2.75, 3.05) is 13.1 Å². The van der Waals surface area contributed by atoms with E-state index >= 15 is 0 Å². The zero-order chi connectivity index (χ0) is 22.6. The normalized spacial score (nSPS) is 21.6. The van der Waals surface area contributed by atoms with Gasteiger partial charge in [0, 0.05) is 6.54 Å². The molecule has 3 atom stereocenters. The summed E-state index contributed by atoms with van der Waals surface area (Å²) in [6, 6.07) is -1.59. The summed E-state index contributed by atoms with van der Waals surface area (Å²) >= 11 is 0. The number of amides is 2. The van der Waals surface area contributed by atoms with E-state index in [1.54, 1.807) is 41.5 Å². The van der Waals surface area contributed by atoms with Gasteiger partial charge in [0.05, 0.1) is 12.6 Å². The number of nitrogens with zero attached hydrogens (tertiary/aromatic N) is 1. The van der Waals surface area contributed by atoms with Crippen molar-refractivity contribution in [2.24, 2.45) is 5.92 Å². The predicted molar refractivity (Wildman–Crippen MR) is 107 cm³/mol. The van der Waals surface area contributed by atoms with Gasteiger partial charge in [-0.15, -0.1) is 0 Å². The van der Waals surface area contributed by atoms with Gasteiger partial charge in [0.15, 0.2) is 0 Å². The summed E-state index contributed by atoms with van der Waals surface area (Å²) in [6.45, 7) is 12.1. The van der Waals surface area contributed by atoms with Crippen LogP contribution in [0.2, 0.25) is 0 Å². The number of carboxylic acid groups (broad SMARTS) is 1. The van der Waals surface area contributed by atoms with Crippen molar-refractivity contribution in [1.82, 2.24) is 15.5 Å². The first-order chi connectivity index (χ1) is 13.2. The number of hydrogen-bond donors (Lipinski definition) is 3. The number of ether oxygens (including phenoxy) is 1. The highest BCUT2D eigenvalue weighted by molar-refractivity contribution is 5.93. The molecule has 1 rings (SSSR count). The molecule has 166 valence electrons. The Bertz CT molecular complexity index is 643. The molecule has 3 N–H and O–H groups in total. The Hall–Kier alpha value is -2.16.